The Hall–Kier alpha value is -2.13. The first-order chi connectivity index (χ1) is 9.69. The fourth-order valence-electron chi connectivity index (χ4n) is 2.06. The van der Waals surface area contributed by atoms with Gasteiger partial charge in [0, 0.05) is 0 Å². The second-order valence-corrected chi connectivity index (χ2v) is 4.88. The summed E-state index contributed by atoms with van der Waals surface area (Å²) in [5.41, 5.74) is 3.05. The van der Waals surface area contributed by atoms with Gasteiger partial charge in [-0.15, -0.1) is 0 Å². The molecule has 2 N–H and O–H groups in total. The highest BCUT2D eigenvalue weighted by atomic mass is 16.3. The van der Waals surface area contributed by atoms with Crippen molar-refractivity contribution in [1.29, 1.82) is 0 Å². The number of carbonyl (C=O) groups is 1. The van der Waals surface area contributed by atoms with Crippen molar-refractivity contribution in [3.63, 3.8) is 0 Å². The van der Waals surface area contributed by atoms with Crippen LogP contribution in [0.25, 0.3) is 0 Å². The molecule has 20 heavy (non-hydrogen) atoms. The van der Waals surface area contributed by atoms with Crippen molar-refractivity contribution >= 4 is 5.91 Å². The van der Waals surface area contributed by atoms with Crippen LogP contribution < -0.4 is 5.32 Å². The van der Waals surface area contributed by atoms with Crippen molar-refractivity contribution in [3.8, 4) is 0 Å². The standard InChI is InChI=1S/C17H19NO2/c1-13-7-9-14(10-8-13)11-17(20)18-16(12-19)15-5-3-2-4-6-15/h2-10,16,19H,11-12H2,1H3,(H,18,20). The van der Waals surface area contributed by atoms with E-state index >= 15 is 0 Å². The molecule has 3 heteroatoms. The molecule has 1 atom stereocenters. The summed E-state index contributed by atoms with van der Waals surface area (Å²) in [4.78, 5) is 12.0. The van der Waals surface area contributed by atoms with E-state index in [1.807, 2.05) is 61.5 Å². The summed E-state index contributed by atoms with van der Waals surface area (Å²) in [5, 5.41) is 12.3. The van der Waals surface area contributed by atoms with Crippen molar-refractivity contribution in [3.05, 3.63) is 71.3 Å². The topological polar surface area (TPSA) is 49.3 Å². The highest BCUT2D eigenvalue weighted by Crippen LogP contribution is 2.12. The molecule has 0 fully saturated rings. The molecule has 0 aliphatic heterocycles. The van der Waals surface area contributed by atoms with Gasteiger partial charge in [0.1, 0.15) is 0 Å². The van der Waals surface area contributed by atoms with Crippen LogP contribution in [0.1, 0.15) is 22.7 Å². The first kappa shape index (κ1) is 14.3. The minimum Gasteiger partial charge on any atom is -0.394 e. The monoisotopic (exact) mass is 269 g/mol. The van der Waals surface area contributed by atoms with Gasteiger partial charge in [-0.1, -0.05) is 60.2 Å². The van der Waals surface area contributed by atoms with Gasteiger partial charge in [0.05, 0.1) is 19.1 Å². The first-order valence-corrected chi connectivity index (χ1v) is 6.70. The lowest BCUT2D eigenvalue weighted by atomic mass is 10.1. The van der Waals surface area contributed by atoms with Crippen molar-refractivity contribution in [1.82, 2.24) is 5.32 Å². The zero-order valence-electron chi connectivity index (χ0n) is 11.5. The quantitative estimate of drug-likeness (QED) is 0.875. The number of benzene rings is 2. The van der Waals surface area contributed by atoms with E-state index in [4.69, 9.17) is 0 Å². The number of nitrogens with one attached hydrogen (secondary N) is 1. The smallest absolute Gasteiger partial charge is 0.224 e. The molecule has 0 saturated carbocycles. The molecule has 0 saturated heterocycles. The normalized spacial score (nSPS) is 11.9. The van der Waals surface area contributed by atoms with Crippen molar-refractivity contribution < 1.29 is 9.90 Å². The van der Waals surface area contributed by atoms with E-state index < -0.39 is 0 Å². The van der Waals surface area contributed by atoms with Gasteiger partial charge in [-0.2, -0.15) is 0 Å². The van der Waals surface area contributed by atoms with Gasteiger partial charge < -0.3 is 10.4 Å². The number of aliphatic hydroxyl groups is 1. The van der Waals surface area contributed by atoms with Gasteiger partial charge in [-0.25, -0.2) is 0 Å². The number of hydrogen-bond donors (Lipinski definition) is 2. The second kappa shape index (κ2) is 6.87. The summed E-state index contributed by atoms with van der Waals surface area (Å²) in [7, 11) is 0. The Morgan fingerprint density at radius 3 is 2.35 bits per heavy atom. The molecule has 0 heterocycles. The number of rotatable bonds is 5. The summed E-state index contributed by atoms with van der Waals surface area (Å²) < 4.78 is 0. The predicted molar refractivity (Wildman–Crippen MR) is 79.3 cm³/mol. The summed E-state index contributed by atoms with van der Waals surface area (Å²) in [5.74, 6) is -0.0863. The van der Waals surface area contributed by atoms with Gasteiger partial charge in [0.2, 0.25) is 5.91 Å². The Balaban J connectivity index is 1.97. The molecule has 0 aliphatic rings. The highest BCUT2D eigenvalue weighted by Gasteiger charge is 2.13. The predicted octanol–water partition coefficient (Wildman–Crippen LogP) is 2.39. The molecule has 104 valence electrons. The molecule has 0 radical (unpaired) electrons. The summed E-state index contributed by atoms with van der Waals surface area (Å²) >= 11 is 0. The zero-order chi connectivity index (χ0) is 14.4. The lowest BCUT2D eigenvalue weighted by Crippen LogP contribution is -2.31. The Morgan fingerprint density at radius 2 is 1.75 bits per heavy atom. The van der Waals surface area contributed by atoms with E-state index in [0.717, 1.165) is 11.1 Å². The van der Waals surface area contributed by atoms with Gasteiger partial charge in [0.15, 0.2) is 0 Å². The van der Waals surface area contributed by atoms with Crippen LogP contribution in [0.4, 0.5) is 0 Å². The van der Waals surface area contributed by atoms with E-state index in [0.29, 0.717) is 6.42 Å². The van der Waals surface area contributed by atoms with Gasteiger partial charge in [-0.05, 0) is 18.1 Å². The van der Waals surface area contributed by atoms with Crippen LogP contribution in [0.15, 0.2) is 54.6 Å². The zero-order valence-corrected chi connectivity index (χ0v) is 11.5. The molecule has 0 spiro atoms. The Kier molecular flexibility index (Phi) is 4.91. The van der Waals surface area contributed by atoms with Gasteiger partial charge in [0.25, 0.3) is 0 Å². The van der Waals surface area contributed by atoms with Crippen LogP contribution in [-0.2, 0) is 11.2 Å². The maximum absolute atomic E-state index is 12.0. The van der Waals surface area contributed by atoms with Crippen molar-refractivity contribution in [2.24, 2.45) is 0 Å². The lowest BCUT2D eigenvalue weighted by molar-refractivity contribution is -0.121. The number of aryl methyl sites for hydroxylation is 1. The molecule has 2 rings (SSSR count). The van der Waals surface area contributed by atoms with Crippen LogP contribution in [0, 0.1) is 6.92 Å². The Labute approximate surface area is 119 Å². The molecular weight excluding hydrogens is 250 g/mol. The maximum Gasteiger partial charge on any atom is 0.224 e. The minimum atomic E-state index is -0.353. The van der Waals surface area contributed by atoms with Crippen molar-refractivity contribution in [2.45, 2.75) is 19.4 Å². The van der Waals surface area contributed by atoms with Crippen LogP contribution >= 0.6 is 0 Å². The SMILES string of the molecule is Cc1ccc(CC(=O)NC(CO)c2ccccc2)cc1. The fourth-order valence-corrected chi connectivity index (χ4v) is 2.06. The third-order valence-electron chi connectivity index (χ3n) is 3.21. The Bertz CT molecular complexity index is 549. The lowest BCUT2D eigenvalue weighted by Gasteiger charge is -2.16. The molecule has 0 bridgehead atoms. The van der Waals surface area contributed by atoms with Gasteiger partial charge in [-0.3, -0.25) is 4.79 Å². The molecule has 1 unspecified atom stereocenters. The fraction of sp³-hybridized carbons (Fsp3) is 0.235. The highest BCUT2D eigenvalue weighted by molar-refractivity contribution is 5.79. The second-order valence-electron chi connectivity index (χ2n) is 4.88. The van der Waals surface area contributed by atoms with E-state index in [9.17, 15) is 9.90 Å². The number of carbonyl (C=O) groups excluding carboxylic acids is 1. The molecular formula is C17H19NO2. The minimum absolute atomic E-state index is 0.0863. The third-order valence-corrected chi connectivity index (χ3v) is 3.21. The Morgan fingerprint density at radius 1 is 1.10 bits per heavy atom. The largest absolute Gasteiger partial charge is 0.394 e. The summed E-state index contributed by atoms with van der Waals surface area (Å²) in [6.07, 6.45) is 0.323. The van der Waals surface area contributed by atoms with Crippen LogP contribution in [-0.4, -0.2) is 17.6 Å². The molecule has 0 aromatic heterocycles. The number of amides is 1. The van der Waals surface area contributed by atoms with E-state index in [1.165, 1.54) is 5.56 Å². The molecule has 1 amide bonds. The van der Waals surface area contributed by atoms with Crippen LogP contribution in [0.2, 0.25) is 0 Å². The maximum atomic E-state index is 12.0. The van der Waals surface area contributed by atoms with Crippen molar-refractivity contribution in [2.75, 3.05) is 6.61 Å². The van der Waals surface area contributed by atoms with E-state index in [1.54, 1.807) is 0 Å². The third kappa shape index (κ3) is 3.93. The number of hydrogen-bond acceptors (Lipinski definition) is 2. The molecule has 3 nitrogen and oxygen atoms in total. The van der Waals surface area contributed by atoms with E-state index in [2.05, 4.69) is 5.32 Å². The average molecular weight is 269 g/mol. The number of aliphatic hydroxyl groups excluding tert-OH is 1. The van der Waals surface area contributed by atoms with Crippen LogP contribution in [0.3, 0.4) is 0 Å². The summed E-state index contributed by atoms with van der Waals surface area (Å²) in [6.45, 7) is 1.91. The van der Waals surface area contributed by atoms with Gasteiger partial charge >= 0.3 is 0 Å². The first-order valence-electron chi connectivity index (χ1n) is 6.70. The molecule has 2 aromatic carbocycles. The summed E-state index contributed by atoms with van der Waals surface area (Å²) in [6, 6.07) is 17.0. The van der Waals surface area contributed by atoms with Crippen LogP contribution in [0.5, 0.6) is 0 Å². The molecule has 2 aromatic rings. The molecule has 0 aliphatic carbocycles. The average Bonchev–Trinajstić information content (AvgIpc) is 2.48. The van der Waals surface area contributed by atoms with E-state index in [-0.39, 0.29) is 18.6 Å².